The number of anilines is 1. The Morgan fingerprint density at radius 3 is 2.67 bits per heavy atom. The van der Waals surface area contributed by atoms with Gasteiger partial charge in [0.25, 0.3) is 11.8 Å². The molecule has 0 aliphatic carbocycles. The first kappa shape index (κ1) is 19.1. The lowest BCUT2D eigenvalue weighted by Crippen LogP contribution is -2.30. The number of nitrogens with zero attached hydrogens (tertiary/aromatic N) is 1. The van der Waals surface area contributed by atoms with E-state index in [1.165, 1.54) is 11.3 Å². The number of thiazole rings is 1. The van der Waals surface area contributed by atoms with Crippen molar-refractivity contribution in [2.75, 3.05) is 5.32 Å². The molecule has 0 spiro atoms. The van der Waals surface area contributed by atoms with E-state index in [0.717, 1.165) is 4.88 Å². The van der Waals surface area contributed by atoms with Crippen LogP contribution in [0.15, 0.2) is 41.0 Å². The Morgan fingerprint density at radius 2 is 2.00 bits per heavy atom. The van der Waals surface area contributed by atoms with E-state index in [1.54, 1.807) is 36.6 Å². The van der Waals surface area contributed by atoms with E-state index in [9.17, 15) is 9.59 Å². The first-order valence-electron chi connectivity index (χ1n) is 8.28. The fraction of sp³-hybridized carbons (Fsp3) is 0.211. The molecule has 0 fully saturated rings. The number of aryl methyl sites for hydroxylation is 1. The molecule has 0 bridgehead atoms. The Labute approximate surface area is 165 Å². The maximum atomic E-state index is 12.7. The van der Waals surface area contributed by atoms with E-state index < -0.39 is 5.91 Å². The monoisotopic (exact) mass is 403 g/mol. The van der Waals surface area contributed by atoms with Crippen molar-refractivity contribution >= 4 is 40.4 Å². The van der Waals surface area contributed by atoms with Crippen LogP contribution >= 0.6 is 22.9 Å². The van der Waals surface area contributed by atoms with Gasteiger partial charge in [-0.3, -0.25) is 9.59 Å². The molecule has 2 N–H and O–H groups in total. The van der Waals surface area contributed by atoms with Crippen LogP contribution in [0.25, 0.3) is 10.8 Å². The predicted octanol–water partition coefficient (Wildman–Crippen LogP) is 4.76. The van der Waals surface area contributed by atoms with Crippen molar-refractivity contribution in [2.24, 2.45) is 0 Å². The van der Waals surface area contributed by atoms with Crippen LogP contribution < -0.4 is 10.6 Å². The summed E-state index contributed by atoms with van der Waals surface area (Å²) in [6.07, 6.45) is 1.55. The molecule has 0 aliphatic rings. The second kappa shape index (κ2) is 7.94. The van der Waals surface area contributed by atoms with Gasteiger partial charge in [0.15, 0.2) is 10.8 Å². The quantitative estimate of drug-likeness (QED) is 0.643. The minimum Gasteiger partial charge on any atom is -0.462 e. The maximum Gasteiger partial charge on any atom is 0.275 e. The highest BCUT2D eigenvalue weighted by atomic mass is 35.5. The number of nitrogens with one attached hydrogen (secondary N) is 2. The number of furan rings is 1. The standard InChI is InChI=1S/C19H18ClN3O3S/c1-10(2)21-17(24)12-6-7-13(20)14(9-12)22-18(25)16-11(3)27-19(23-16)15-5-4-8-26-15/h4-10H,1-3H3,(H,21,24)(H,22,25). The predicted molar refractivity (Wildman–Crippen MR) is 107 cm³/mol. The average molecular weight is 404 g/mol. The third-order valence-electron chi connectivity index (χ3n) is 3.64. The van der Waals surface area contributed by atoms with Crippen LogP contribution in [0.1, 0.15) is 39.6 Å². The van der Waals surface area contributed by atoms with Gasteiger partial charge in [-0.2, -0.15) is 0 Å². The molecule has 3 aromatic rings. The van der Waals surface area contributed by atoms with Crippen molar-refractivity contribution in [3.63, 3.8) is 0 Å². The van der Waals surface area contributed by atoms with Crippen molar-refractivity contribution in [3.8, 4) is 10.8 Å². The van der Waals surface area contributed by atoms with Gasteiger partial charge in [0, 0.05) is 16.5 Å². The zero-order chi connectivity index (χ0) is 19.6. The number of rotatable bonds is 5. The van der Waals surface area contributed by atoms with E-state index in [-0.39, 0.29) is 11.9 Å². The van der Waals surface area contributed by atoms with Crippen molar-refractivity contribution in [2.45, 2.75) is 26.8 Å². The second-order valence-corrected chi connectivity index (χ2v) is 7.79. The molecule has 2 amide bonds. The highest BCUT2D eigenvalue weighted by molar-refractivity contribution is 7.15. The summed E-state index contributed by atoms with van der Waals surface area (Å²) in [6.45, 7) is 5.56. The number of carbonyl (C=O) groups excluding carboxylic acids is 2. The summed E-state index contributed by atoms with van der Waals surface area (Å²) in [4.78, 5) is 30.0. The van der Waals surface area contributed by atoms with Crippen LogP contribution in [0.3, 0.4) is 0 Å². The van der Waals surface area contributed by atoms with Gasteiger partial charge in [-0.1, -0.05) is 11.6 Å². The molecule has 8 heteroatoms. The molecule has 2 aromatic heterocycles. The molecule has 2 heterocycles. The lowest BCUT2D eigenvalue weighted by Gasteiger charge is -2.11. The molecule has 3 rings (SSSR count). The Balaban J connectivity index is 1.83. The van der Waals surface area contributed by atoms with Crippen molar-refractivity contribution in [1.29, 1.82) is 0 Å². The van der Waals surface area contributed by atoms with Gasteiger partial charge in [-0.15, -0.1) is 11.3 Å². The van der Waals surface area contributed by atoms with Gasteiger partial charge in [0.2, 0.25) is 0 Å². The molecular formula is C19H18ClN3O3S. The maximum absolute atomic E-state index is 12.7. The molecule has 1 aromatic carbocycles. The SMILES string of the molecule is Cc1sc(-c2ccco2)nc1C(=O)Nc1cc(C(=O)NC(C)C)ccc1Cl. The summed E-state index contributed by atoms with van der Waals surface area (Å²) < 4.78 is 5.33. The summed E-state index contributed by atoms with van der Waals surface area (Å²) in [5, 5.41) is 6.50. The van der Waals surface area contributed by atoms with Gasteiger partial charge < -0.3 is 15.1 Å². The molecule has 0 aliphatic heterocycles. The zero-order valence-electron chi connectivity index (χ0n) is 15.0. The second-order valence-electron chi connectivity index (χ2n) is 6.18. The van der Waals surface area contributed by atoms with Crippen LogP contribution in [0.2, 0.25) is 5.02 Å². The highest BCUT2D eigenvalue weighted by Crippen LogP contribution is 2.29. The molecule has 0 unspecified atom stereocenters. The first-order valence-corrected chi connectivity index (χ1v) is 9.47. The number of hydrogen-bond acceptors (Lipinski definition) is 5. The highest BCUT2D eigenvalue weighted by Gasteiger charge is 2.19. The fourth-order valence-electron chi connectivity index (χ4n) is 2.40. The first-order chi connectivity index (χ1) is 12.8. The number of amides is 2. The number of halogens is 1. The smallest absolute Gasteiger partial charge is 0.275 e. The van der Waals surface area contributed by atoms with Crippen LogP contribution in [0.5, 0.6) is 0 Å². The molecule has 27 heavy (non-hydrogen) atoms. The van der Waals surface area contributed by atoms with Crippen LogP contribution in [0.4, 0.5) is 5.69 Å². The topological polar surface area (TPSA) is 84.2 Å². The van der Waals surface area contributed by atoms with Gasteiger partial charge in [-0.25, -0.2) is 4.98 Å². The van der Waals surface area contributed by atoms with E-state index >= 15 is 0 Å². The lowest BCUT2D eigenvalue weighted by molar-refractivity contribution is 0.0941. The number of benzene rings is 1. The molecule has 0 saturated carbocycles. The summed E-state index contributed by atoms with van der Waals surface area (Å²) in [7, 11) is 0. The third kappa shape index (κ3) is 4.37. The van der Waals surface area contributed by atoms with E-state index in [4.69, 9.17) is 16.0 Å². The summed E-state index contributed by atoms with van der Waals surface area (Å²) in [6, 6.07) is 8.29. The summed E-state index contributed by atoms with van der Waals surface area (Å²) in [5.74, 6) is -0.0282. The van der Waals surface area contributed by atoms with E-state index in [1.807, 2.05) is 20.8 Å². The normalized spacial score (nSPS) is 10.9. The molecular weight excluding hydrogens is 386 g/mol. The summed E-state index contributed by atoms with van der Waals surface area (Å²) in [5.41, 5.74) is 1.05. The van der Waals surface area contributed by atoms with Crippen LogP contribution in [-0.2, 0) is 0 Å². The molecule has 0 atom stereocenters. The van der Waals surface area contributed by atoms with E-state index in [0.29, 0.717) is 32.7 Å². The van der Waals surface area contributed by atoms with Crippen LogP contribution in [-0.4, -0.2) is 22.8 Å². The van der Waals surface area contributed by atoms with Gasteiger partial charge in [0.1, 0.15) is 5.69 Å². The van der Waals surface area contributed by atoms with Gasteiger partial charge >= 0.3 is 0 Å². The van der Waals surface area contributed by atoms with E-state index in [2.05, 4.69) is 15.6 Å². The minimum absolute atomic E-state index is 0.00361. The Kier molecular flexibility index (Phi) is 5.62. The summed E-state index contributed by atoms with van der Waals surface area (Å²) >= 11 is 7.55. The number of carbonyl (C=O) groups is 2. The number of aromatic nitrogens is 1. The zero-order valence-corrected chi connectivity index (χ0v) is 16.6. The van der Waals surface area contributed by atoms with Gasteiger partial charge in [-0.05, 0) is 51.1 Å². The lowest BCUT2D eigenvalue weighted by atomic mass is 10.1. The average Bonchev–Trinajstić information content (AvgIpc) is 3.25. The van der Waals surface area contributed by atoms with Crippen molar-refractivity contribution < 1.29 is 14.0 Å². The van der Waals surface area contributed by atoms with Crippen LogP contribution in [0, 0.1) is 6.92 Å². The Bertz CT molecular complexity index is 980. The largest absolute Gasteiger partial charge is 0.462 e. The Hall–Kier alpha value is -2.64. The van der Waals surface area contributed by atoms with Gasteiger partial charge in [0.05, 0.1) is 17.0 Å². The van der Waals surface area contributed by atoms with Crippen molar-refractivity contribution in [3.05, 3.63) is 57.8 Å². The third-order valence-corrected chi connectivity index (χ3v) is 4.96. The molecule has 6 nitrogen and oxygen atoms in total. The van der Waals surface area contributed by atoms with Crippen molar-refractivity contribution in [1.82, 2.24) is 10.3 Å². The molecule has 140 valence electrons. The fourth-order valence-corrected chi connectivity index (χ4v) is 3.45. The number of hydrogen-bond donors (Lipinski definition) is 2. The molecule has 0 saturated heterocycles. The Morgan fingerprint density at radius 1 is 1.22 bits per heavy atom. The molecule has 0 radical (unpaired) electrons. The minimum atomic E-state index is -0.398.